The number of rotatable bonds is 6. The van der Waals surface area contributed by atoms with Gasteiger partial charge in [-0.15, -0.1) is 0 Å². The zero-order valence-electron chi connectivity index (χ0n) is 16.6. The molecule has 0 radical (unpaired) electrons. The number of nitrogens with zero attached hydrogens (tertiary/aromatic N) is 2. The number of morpholine rings is 1. The molecule has 1 aromatic rings. The van der Waals surface area contributed by atoms with E-state index in [2.05, 4.69) is 15.2 Å². The van der Waals surface area contributed by atoms with Crippen molar-refractivity contribution in [2.45, 2.75) is 38.5 Å². The first-order chi connectivity index (χ1) is 13.7. The van der Waals surface area contributed by atoms with Crippen LogP contribution in [0.1, 0.15) is 38.5 Å². The molecule has 4 bridgehead atoms. The average molecular weight is 386 g/mol. The van der Waals surface area contributed by atoms with Crippen molar-refractivity contribution in [2.24, 2.45) is 23.2 Å². The number of aromatic nitrogens is 1. The summed E-state index contributed by atoms with van der Waals surface area (Å²) in [5.41, 5.74) is 0.656. The van der Waals surface area contributed by atoms with Crippen LogP contribution in [0.15, 0.2) is 18.3 Å². The normalized spacial score (nSPS) is 34.4. The first-order valence-corrected chi connectivity index (χ1v) is 10.9. The molecular formula is C22H31N3O3. The van der Waals surface area contributed by atoms with E-state index in [1.54, 1.807) is 6.20 Å². The fraction of sp³-hybridized carbons (Fsp3) is 0.727. The average Bonchev–Trinajstić information content (AvgIpc) is 2.69. The zero-order valence-corrected chi connectivity index (χ0v) is 16.6. The van der Waals surface area contributed by atoms with Crippen molar-refractivity contribution in [3.8, 4) is 5.88 Å². The molecule has 28 heavy (non-hydrogen) atoms. The molecule has 0 spiro atoms. The van der Waals surface area contributed by atoms with Gasteiger partial charge in [-0.05, 0) is 62.3 Å². The van der Waals surface area contributed by atoms with Gasteiger partial charge >= 0.3 is 0 Å². The first kappa shape index (κ1) is 18.4. The molecule has 1 aromatic heterocycles. The van der Waals surface area contributed by atoms with E-state index in [0.29, 0.717) is 12.5 Å². The van der Waals surface area contributed by atoms with Crippen LogP contribution in [-0.4, -0.2) is 55.2 Å². The number of anilines is 1. The molecule has 5 aliphatic rings. The van der Waals surface area contributed by atoms with E-state index in [9.17, 15) is 4.79 Å². The van der Waals surface area contributed by atoms with Crippen LogP contribution in [0, 0.1) is 23.2 Å². The number of pyridine rings is 1. The van der Waals surface area contributed by atoms with Crippen LogP contribution in [0.4, 0.5) is 5.69 Å². The first-order valence-electron chi connectivity index (χ1n) is 10.9. The summed E-state index contributed by atoms with van der Waals surface area (Å²) < 4.78 is 11.1. The molecule has 0 unspecified atom stereocenters. The molecule has 5 fully saturated rings. The Morgan fingerprint density at radius 2 is 1.82 bits per heavy atom. The Morgan fingerprint density at radius 3 is 2.43 bits per heavy atom. The van der Waals surface area contributed by atoms with Crippen LogP contribution in [0.25, 0.3) is 0 Å². The minimum atomic E-state index is -0.123. The quantitative estimate of drug-likeness (QED) is 0.816. The summed E-state index contributed by atoms with van der Waals surface area (Å²) in [6, 6.07) is 3.77. The predicted octanol–water partition coefficient (Wildman–Crippen LogP) is 2.95. The molecule has 4 aliphatic carbocycles. The van der Waals surface area contributed by atoms with Gasteiger partial charge in [0.1, 0.15) is 6.61 Å². The van der Waals surface area contributed by atoms with Crippen molar-refractivity contribution in [3.63, 3.8) is 0 Å². The standard InChI is InChI=1S/C22H31N3O3/c26-21(22-12-16-9-17(13-22)11-18(10-16)14-22)24-19-1-2-20(23-15-19)28-8-5-25-3-6-27-7-4-25/h1-2,15-18H,3-14H2,(H,24,26). The third-order valence-electron chi connectivity index (χ3n) is 7.28. The number of hydrogen-bond acceptors (Lipinski definition) is 5. The number of hydrogen-bond donors (Lipinski definition) is 1. The fourth-order valence-electron chi connectivity index (χ4n) is 6.30. The summed E-state index contributed by atoms with van der Waals surface area (Å²) in [6.07, 6.45) is 9.03. The molecule has 1 saturated heterocycles. The number of ether oxygens (including phenoxy) is 2. The van der Waals surface area contributed by atoms with Crippen LogP contribution in [-0.2, 0) is 9.53 Å². The van der Waals surface area contributed by atoms with Crippen molar-refractivity contribution in [1.82, 2.24) is 9.88 Å². The van der Waals surface area contributed by atoms with E-state index in [-0.39, 0.29) is 11.3 Å². The molecule has 4 saturated carbocycles. The molecule has 2 heterocycles. The minimum Gasteiger partial charge on any atom is -0.476 e. The lowest BCUT2D eigenvalue weighted by atomic mass is 9.49. The van der Waals surface area contributed by atoms with Crippen LogP contribution in [0.5, 0.6) is 5.88 Å². The van der Waals surface area contributed by atoms with Crippen LogP contribution >= 0.6 is 0 Å². The Labute approximate surface area is 167 Å². The van der Waals surface area contributed by atoms with Crippen LogP contribution in [0.2, 0.25) is 0 Å². The summed E-state index contributed by atoms with van der Waals surface area (Å²) in [5, 5.41) is 3.15. The van der Waals surface area contributed by atoms with Crippen molar-refractivity contribution in [1.29, 1.82) is 0 Å². The molecule has 1 N–H and O–H groups in total. The lowest BCUT2D eigenvalue weighted by Crippen LogP contribution is -2.51. The number of amides is 1. The van der Waals surface area contributed by atoms with E-state index >= 15 is 0 Å². The van der Waals surface area contributed by atoms with Crippen LogP contribution in [0.3, 0.4) is 0 Å². The summed E-state index contributed by atoms with van der Waals surface area (Å²) >= 11 is 0. The van der Waals surface area contributed by atoms with E-state index in [1.807, 2.05) is 12.1 Å². The van der Waals surface area contributed by atoms with E-state index in [4.69, 9.17) is 9.47 Å². The molecule has 6 heteroatoms. The Bertz CT molecular complexity index is 664. The lowest BCUT2D eigenvalue weighted by Gasteiger charge is -2.55. The second kappa shape index (κ2) is 7.64. The summed E-state index contributed by atoms with van der Waals surface area (Å²) in [4.78, 5) is 19.8. The summed E-state index contributed by atoms with van der Waals surface area (Å²) in [5.74, 6) is 3.16. The van der Waals surface area contributed by atoms with Crippen molar-refractivity contribution >= 4 is 11.6 Å². The molecule has 6 rings (SSSR count). The molecule has 1 amide bonds. The van der Waals surface area contributed by atoms with Gasteiger partial charge in [-0.3, -0.25) is 9.69 Å². The predicted molar refractivity (Wildman–Crippen MR) is 106 cm³/mol. The smallest absolute Gasteiger partial charge is 0.230 e. The second-order valence-corrected chi connectivity index (χ2v) is 9.34. The zero-order chi connectivity index (χ0) is 19.0. The Kier molecular flexibility index (Phi) is 5.01. The van der Waals surface area contributed by atoms with Gasteiger partial charge in [0.25, 0.3) is 0 Å². The van der Waals surface area contributed by atoms with Gasteiger partial charge < -0.3 is 14.8 Å². The largest absolute Gasteiger partial charge is 0.476 e. The highest BCUT2D eigenvalue weighted by Gasteiger charge is 2.54. The van der Waals surface area contributed by atoms with Gasteiger partial charge in [-0.25, -0.2) is 4.98 Å². The Morgan fingerprint density at radius 1 is 1.14 bits per heavy atom. The molecule has 152 valence electrons. The van der Waals surface area contributed by atoms with Gasteiger partial charge in [0, 0.05) is 25.7 Å². The third kappa shape index (κ3) is 3.77. The molecule has 0 aromatic carbocycles. The number of carbonyl (C=O) groups excluding carboxylic acids is 1. The van der Waals surface area contributed by atoms with Gasteiger partial charge in [0.2, 0.25) is 11.8 Å². The SMILES string of the molecule is O=C(Nc1ccc(OCCN2CCOCC2)nc1)C12CC3CC(CC(C3)C1)C2. The molecule has 1 aliphatic heterocycles. The second-order valence-electron chi connectivity index (χ2n) is 9.34. The Balaban J connectivity index is 1.14. The number of nitrogens with one attached hydrogen (secondary N) is 1. The summed E-state index contributed by atoms with van der Waals surface area (Å²) in [6.45, 7) is 5.03. The van der Waals surface area contributed by atoms with E-state index in [0.717, 1.165) is 75.6 Å². The van der Waals surface area contributed by atoms with E-state index in [1.165, 1.54) is 19.3 Å². The van der Waals surface area contributed by atoms with Gasteiger partial charge in [0.15, 0.2) is 0 Å². The fourth-order valence-corrected chi connectivity index (χ4v) is 6.30. The van der Waals surface area contributed by atoms with Crippen molar-refractivity contribution in [2.75, 3.05) is 44.8 Å². The maximum Gasteiger partial charge on any atom is 0.230 e. The maximum absolute atomic E-state index is 13.1. The van der Waals surface area contributed by atoms with Crippen molar-refractivity contribution < 1.29 is 14.3 Å². The monoisotopic (exact) mass is 385 g/mol. The molecule has 0 atom stereocenters. The van der Waals surface area contributed by atoms with Gasteiger partial charge in [0.05, 0.1) is 30.5 Å². The highest BCUT2D eigenvalue weighted by molar-refractivity contribution is 5.95. The van der Waals surface area contributed by atoms with Crippen LogP contribution < -0.4 is 10.1 Å². The molecule has 6 nitrogen and oxygen atoms in total. The minimum absolute atomic E-state index is 0.123. The summed E-state index contributed by atoms with van der Waals surface area (Å²) in [7, 11) is 0. The third-order valence-corrected chi connectivity index (χ3v) is 7.28. The van der Waals surface area contributed by atoms with Crippen molar-refractivity contribution in [3.05, 3.63) is 18.3 Å². The highest BCUT2D eigenvalue weighted by Crippen LogP contribution is 2.60. The van der Waals surface area contributed by atoms with Gasteiger partial charge in [-0.2, -0.15) is 0 Å². The van der Waals surface area contributed by atoms with E-state index < -0.39 is 0 Å². The Hall–Kier alpha value is -1.66. The highest BCUT2D eigenvalue weighted by atomic mass is 16.5. The van der Waals surface area contributed by atoms with Gasteiger partial charge in [-0.1, -0.05) is 0 Å². The lowest BCUT2D eigenvalue weighted by molar-refractivity contribution is -0.140. The molecular weight excluding hydrogens is 354 g/mol. The topological polar surface area (TPSA) is 63.7 Å². The number of carbonyl (C=O) groups is 1. The maximum atomic E-state index is 13.1.